The van der Waals surface area contributed by atoms with Crippen molar-refractivity contribution >= 4 is 5.71 Å². The molecule has 0 fully saturated rings. The second-order valence-electron chi connectivity index (χ2n) is 1.82. The van der Waals surface area contributed by atoms with Crippen LogP contribution in [0.15, 0.2) is 30.0 Å². The van der Waals surface area contributed by atoms with Crippen LogP contribution in [-0.4, -0.2) is 12.3 Å². The Hall–Kier alpha value is -1.05. The third kappa shape index (κ3) is 5.09. The first-order valence-electron chi connectivity index (χ1n) is 3.21. The molecule has 0 aliphatic heterocycles. The summed E-state index contributed by atoms with van der Waals surface area (Å²) in [6.45, 7) is 7.77. The summed E-state index contributed by atoms with van der Waals surface area (Å²) in [6, 6.07) is 0. The van der Waals surface area contributed by atoms with Crippen LogP contribution in [0.2, 0.25) is 0 Å². The van der Waals surface area contributed by atoms with Crippen LogP contribution in [0.4, 0.5) is 0 Å². The zero-order valence-corrected chi connectivity index (χ0v) is 6.50. The van der Waals surface area contributed by atoms with Crippen LogP contribution in [0.5, 0.6) is 0 Å². The Kier molecular flexibility index (Phi) is 5.44. The van der Waals surface area contributed by atoms with Gasteiger partial charge in [0.2, 0.25) is 0 Å². The molecule has 0 saturated carbocycles. The molecule has 10 heavy (non-hydrogen) atoms. The van der Waals surface area contributed by atoms with Crippen molar-refractivity contribution < 1.29 is 4.84 Å². The van der Waals surface area contributed by atoms with E-state index in [9.17, 15) is 0 Å². The lowest BCUT2D eigenvalue weighted by Gasteiger charge is -1.92. The molecular formula is C8H13NO. The molecule has 2 nitrogen and oxygen atoms in total. The molecule has 0 unspecified atom stereocenters. The van der Waals surface area contributed by atoms with E-state index in [4.69, 9.17) is 4.84 Å². The van der Waals surface area contributed by atoms with E-state index in [1.807, 2.05) is 26.0 Å². The van der Waals surface area contributed by atoms with Crippen molar-refractivity contribution in [3.05, 3.63) is 24.8 Å². The summed E-state index contributed by atoms with van der Waals surface area (Å²) >= 11 is 0. The highest BCUT2D eigenvalue weighted by atomic mass is 16.6. The Labute approximate surface area is 61.9 Å². The number of nitrogens with zero attached hydrogens (tertiary/aromatic N) is 1. The van der Waals surface area contributed by atoms with Crippen LogP contribution >= 0.6 is 0 Å². The zero-order valence-electron chi connectivity index (χ0n) is 6.50. The molecule has 0 radical (unpaired) electrons. The lowest BCUT2D eigenvalue weighted by molar-refractivity contribution is 0.175. The van der Waals surface area contributed by atoms with Crippen molar-refractivity contribution in [3.63, 3.8) is 0 Å². The first-order chi connectivity index (χ1) is 4.81. The highest BCUT2D eigenvalue weighted by Crippen LogP contribution is 1.83. The molecule has 0 aromatic heterocycles. The van der Waals surface area contributed by atoms with Gasteiger partial charge in [0.15, 0.2) is 0 Å². The minimum absolute atomic E-state index is 0.467. The molecule has 56 valence electrons. The van der Waals surface area contributed by atoms with Gasteiger partial charge in [-0.1, -0.05) is 23.9 Å². The first kappa shape index (κ1) is 8.95. The van der Waals surface area contributed by atoms with Crippen molar-refractivity contribution in [2.75, 3.05) is 6.61 Å². The van der Waals surface area contributed by atoms with Gasteiger partial charge >= 0.3 is 0 Å². The average molecular weight is 139 g/mol. The zero-order chi connectivity index (χ0) is 7.82. The standard InChI is InChI=1S/C8H13NO/c1-4-6-8(3)9-10-7-5-2/h4-6H,2,7H2,1,3H3/b6-4+,9-8+. The van der Waals surface area contributed by atoms with Gasteiger partial charge in [-0.15, -0.1) is 0 Å². The molecule has 0 N–H and O–H groups in total. The van der Waals surface area contributed by atoms with Crippen molar-refractivity contribution in [3.8, 4) is 0 Å². The summed E-state index contributed by atoms with van der Waals surface area (Å²) in [5, 5.41) is 3.76. The number of rotatable bonds is 4. The van der Waals surface area contributed by atoms with Crippen LogP contribution in [-0.2, 0) is 4.84 Å². The fraction of sp³-hybridized carbons (Fsp3) is 0.375. The quantitative estimate of drug-likeness (QED) is 0.253. The van der Waals surface area contributed by atoms with Crippen molar-refractivity contribution in [1.29, 1.82) is 0 Å². The second-order valence-corrected chi connectivity index (χ2v) is 1.82. The van der Waals surface area contributed by atoms with Gasteiger partial charge in [0.1, 0.15) is 6.61 Å². The number of oxime groups is 1. The number of allylic oxidation sites excluding steroid dienone is 2. The Morgan fingerprint density at radius 2 is 2.40 bits per heavy atom. The molecule has 0 aliphatic carbocycles. The van der Waals surface area contributed by atoms with Crippen LogP contribution in [0.25, 0.3) is 0 Å². The lowest BCUT2D eigenvalue weighted by atomic mass is 10.4. The van der Waals surface area contributed by atoms with Crippen LogP contribution in [0.1, 0.15) is 13.8 Å². The van der Waals surface area contributed by atoms with E-state index in [1.165, 1.54) is 0 Å². The van der Waals surface area contributed by atoms with E-state index in [0.717, 1.165) is 5.71 Å². The van der Waals surface area contributed by atoms with Gasteiger partial charge in [-0.2, -0.15) is 0 Å². The molecule has 0 aromatic rings. The van der Waals surface area contributed by atoms with E-state index < -0.39 is 0 Å². The Balaban J connectivity index is 3.57. The maximum absolute atomic E-state index is 4.82. The molecular weight excluding hydrogens is 126 g/mol. The molecule has 0 aliphatic rings. The first-order valence-corrected chi connectivity index (χ1v) is 3.21. The Morgan fingerprint density at radius 1 is 1.70 bits per heavy atom. The van der Waals surface area contributed by atoms with Gasteiger partial charge in [0.05, 0.1) is 5.71 Å². The molecule has 0 saturated heterocycles. The third-order valence-corrected chi connectivity index (χ3v) is 0.809. The summed E-state index contributed by atoms with van der Waals surface area (Å²) in [5.74, 6) is 0. The predicted octanol–water partition coefficient (Wildman–Crippen LogP) is 2.14. The molecule has 0 aromatic carbocycles. The van der Waals surface area contributed by atoms with Crippen LogP contribution < -0.4 is 0 Å². The van der Waals surface area contributed by atoms with E-state index >= 15 is 0 Å². The van der Waals surface area contributed by atoms with E-state index in [2.05, 4.69) is 11.7 Å². The molecule has 0 amide bonds. The average Bonchev–Trinajstić information content (AvgIpc) is 1.89. The molecule has 0 heterocycles. The van der Waals surface area contributed by atoms with E-state index in [1.54, 1.807) is 6.08 Å². The summed E-state index contributed by atoms with van der Waals surface area (Å²) in [5.41, 5.74) is 0.865. The Bertz CT molecular complexity index is 147. The molecule has 0 spiro atoms. The Morgan fingerprint density at radius 3 is 2.90 bits per heavy atom. The van der Waals surface area contributed by atoms with Crippen molar-refractivity contribution in [2.24, 2.45) is 5.16 Å². The smallest absolute Gasteiger partial charge is 0.135 e. The molecule has 0 atom stereocenters. The van der Waals surface area contributed by atoms with E-state index in [0.29, 0.717) is 6.61 Å². The monoisotopic (exact) mass is 139 g/mol. The highest BCUT2D eigenvalue weighted by molar-refractivity contribution is 5.92. The fourth-order valence-corrected chi connectivity index (χ4v) is 0.463. The van der Waals surface area contributed by atoms with Gasteiger partial charge in [-0.25, -0.2) is 0 Å². The van der Waals surface area contributed by atoms with Crippen molar-refractivity contribution in [2.45, 2.75) is 13.8 Å². The van der Waals surface area contributed by atoms with Gasteiger partial charge in [0, 0.05) is 0 Å². The SMILES string of the molecule is C=CCO/N=C(C)/C=C/C. The maximum atomic E-state index is 4.82. The normalized spacial score (nSPS) is 12.0. The van der Waals surface area contributed by atoms with Gasteiger partial charge in [0.25, 0.3) is 0 Å². The summed E-state index contributed by atoms with van der Waals surface area (Å²) in [4.78, 5) is 4.82. The largest absolute Gasteiger partial charge is 0.391 e. The van der Waals surface area contributed by atoms with Gasteiger partial charge in [-0.3, -0.25) is 0 Å². The number of hydrogen-bond acceptors (Lipinski definition) is 2. The molecule has 0 bridgehead atoms. The fourth-order valence-electron chi connectivity index (χ4n) is 0.463. The molecule has 0 rings (SSSR count). The summed E-state index contributed by atoms with van der Waals surface area (Å²) in [7, 11) is 0. The van der Waals surface area contributed by atoms with Gasteiger partial charge in [-0.05, 0) is 19.9 Å². The minimum atomic E-state index is 0.467. The second kappa shape index (κ2) is 6.08. The highest BCUT2D eigenvalue weighted by Gasteiger charge is 1.80. The van der Waals surface area contributed by atoms with Crippen molar-refractivity contribution in [1.82, 2.24) is 0 Å². The van der Waals surface area contributed by atoms with E-state index in [-0.39, 0.29) is 0 Å². The summed E-state index contributed by atoms with van der Waals surface area (Å²) < 4.78 is 0. The van der Waals surface area contributed by atoms with Crippen LogP contribution in [0.3, 0.4) is 0 Å². The lowest BCUT2D eigenvalue weighted by Crippen LogP contribution is -1.88. The molecule has 2 heteroatoms. The number of hydrogen-bond donors (Lipinski definition) is 0. The predicted molar refractivity (Wildman–Crippen MR) is 44.1 cm³/mol. The minimum Gasteiger partial charge on any atom is -0.391 e. The third-order valence-electron chi connectivity index (χ3n) is 0.809. The van der Waals surface area contributed by atoms with Gasteiger partial charge < -0.3 is 4.84 Å². The maximum Gasteiger partial charge on any atom is 0.135 e. The van der Waals surface area contributed by atoms with Crippen LogP contribution in [0, 0.1) is 0 Å². The summed E-state index contributed by atoms with van der Waals surface area (Å²) in [6.07, 6.45) is 5.45. The topological polar surface area (TPSA) is 21.6 Å².